The van der Waals surface area contributed by atoms with Gasteiger partial charge < -0.3 is 15.4 Å². The summed E-state index contributed by atoms with van der Waals surface area (Å²) in [6, 6.07) is 7.55. The second kappa shape index (κ2) is 6.70. The molecule has 1 saturated heterocycles. The van der Waals surface area contributed by atoms with E-state index in [1.54, 1.807) is 0 Å². The van der Waals surface area contributed by atoms with E-state index in [9.17, 15) is 9.59 Å². The Bertz CT molecular complexity index is 657. The molecule has 1 heterocycles. The lowest BCUT2D eigenvalue weighted by Crippen LogP contribution is -2.41. The minimum absolute atomic E-state index is 0.0869. The van der Waals surface area contributed by atoms with Gasteiger partial charge in [-0.3, -0.25) is 4.79 Å². The van der Waals surface area contributed by atoms with Crippen LogP contribution in [0.15, 0.2) is 24.3 Å². The third-order valence-corrected chi connectivity index (χ3v) is 6.22. The smallest absolute Gasteiger partial charge is 0.338 e. The number of piperidine rings is 1. The molecule has 2 bridgehead atoms. The minimum Gasteiger partial charge on any atom is -0.458 e. The summed E-state index contributed by atoms with van der Waals surface area (Å²) in [5.74, 6) is 0.819. The Morgan fingerprint density at radius 3 is 2.52 bits per heavy atom. The molecule has 0 spiro atoms. The zero-order valence-electron chi connectivity index (χ0n) is 14.5. The van der Waals surface area contributed by atoms with Gasteiger partial charge in [0.15, 0.2) is 0 Å². The summed E-state index contributed by atoms with van der Waals surface area (Å²) in [5, 5.41) is 0. The molecule has 134 valence electrons. The van der Waals surface area contributed by atoms with E-state index in [0.29, 0.717) is 18.0 Å². The van der Waals surface area contributed by atoms with Crippen molar-refractivity contribution in [1.29, 1.82) is 0 Å². The van der Waals surface area contributed by atoms with E-state index in [-0.39, 0.29) is 23.9 Å². The number of esters is 1. The molecule has 5 heteroatoms. The number of benzene rings is 1. The van der Waals surface area contributed by atoms with Crippen molar-refractivity contribution in [2.24, 2.45) is 23.5 Å². The first-order valence-electron chi connectivity index (χ1n) is 9.45. The molecular formula is C20H26N2O3. The third-order valence-electron chi connectivity index (χ3n) is 6.22. The van der Waals surface area contributed by atoms with Crippen LogP contribution in [0, 0.1) is 17.8 Å². The van der Waals surface area contributed by atoms with Gasteiger partial charge in [-0.15, -0.1) is 0 Å². The highest BCUT2D eigenvalue weighted by molar-refractivity contribution is 5.90. The highest BCUT2D eigenvalue weighted by Gasteiger charge is 2.41. The van der Waals surface area contributed by atoms with Crippen LogP contribution in [0.25, 0.3) is 0 Å². The number of carbonyl (C=O) groups excluding carboxylic acids is 2. The van der Waals surface area contributed by atoms with Crippen molar-refractivity contribution in [2.45, 2.75) is 44.6 Å². The van der Waals surface area contributed by atoms with Gasteiger partial charge in [-0.05, 0) is 74.6 Å². The molecule has 0 radical (unpaired) electrons. The molecule has 2 aliphatic carbocycles. The Morgan fingerprint density at radius 2 is 1.88 bits per heavy atom. The van der Waals surface area contributed by atoms with Gasteiger partial charge in [0.1, 0.15) is 6.10 Å². The molecule has 3 fully saturated rings. The van der Waals surface area contributed by atoms with Crippen LogP contribution in [0.5, 0.6) is 0 Å². The lowest BCUT2D eigenvalue weighted by atomic mass is 9.97. The number of fused-ring (bicyclic) bond motifs is 2. The standard InChI is InChI=1S/C20H26N2O3/c21-19(23)16-2-1-9-22(12-16)17-7-5-14(6-8-17)20(24)25-18-11-13-3-4-15(18)10-13/h5-8,13,15-16,18H,1-4,9-12H2,(H2,21,23). The largest absolute Gasteiger partial charge is 0.458 e. The van der Waals surface area contributed by atoms with Crippen LogP contribution in [0.3, 0.4) is 0 Å². The quantitative estimate of drug-likeness (QED) is 0.854. The average Bonchev–Trinajstić information content (AvgIpc) is 3.25. The Labute approximate surface area is 148 Å². The second-order valence-electron chi connectivity index (χ2n) is 7.85. The molecule has 5 nitrogen and oxygen atoms in total. The number of rotatable bonds is 4. The molecule has 1 aliphatic heterocycles. The van der Waals surface area contributed by atoms with Crippen LogP contribution in [0.2, 0.25) is 0 Å². The zero-order valence-corrected chi connectivity index (χ0v) is 14.5. The van der Waals surface area contributed by atoms with Gasteiger partial charge >= 0.3 is 5.97 Å². The molecule has 2 N–H and O–H groups in total. The average molecular weight is 342 g/mol. The molecule has 4 atom stereocenters. The first kappa shape index (κ1) is 16.4. The lowest BCUT2D eigenvalue weighted by Gasteiger charge is -2.33. The van der Waals surface area contributed by atoms with Crippen LogP contribution >= 0.6 is 0 Å². The topological polar surface area (TPSA) is 72.6 Å². The molecule has 2 saturated carbocycles. The maximum absolute atomic E-state index is 12.4. The van der Waals surface area contributed by atoms with E-state index >= 15 is 0 Å². The van der Waals surface area contributed by atoms with Crippen LogP contribution in [0.4, 0.5) is 5.69 Å². The van der Waals surface area contributed by atoms with Crippen molar-refractivity contribution >= 4 is 17.6 Å². The molecule has 1 aromatic carbocycles. The zero-order chi connectivity index (χ0) is 17.4. The van der Waals surface area contributed by atoms with E-state index in [0.717, 1.165) is 37.4 Å². The number of nitrogens with two attached hydrogens (primary N) is 1. The highest BCUT2D eigenvalue weighted by atomic mass is 16.5. The van der Waals surface area contributed by atoms with E-state index in [4.69, 9.17) is 10.5 Å². The van der Waals surface area contributed by atoms with Gasteiger partial charge in [-0.25, -0.2) is 4.79 Å². The number of anilines is 1. The fourth-order valence-electron chi connectivity index (χ4n) is 4.79. The van der Waals surface area contributed by atoms with Crippen molar-refractivity contribution in [3.8, 4) is 0 Å². The molecule has 4 rings (SSSR count). The van der Waals surface area contributed by atoms with Crippen LogP contribution in [-0.4, -0.2) is 31.1 Å². The fourth-order valence-corrected chi connectivity index (χ4v) is 4.79. The highest BCUT2D eigenvalue weighted by Crippen LogP contribution is 2.46. The predicted molar refractivity (Wildman–Crippen MR) is 95.2 cm³/mol. The first-order chi connectivity index (χ1) is 12.1. The van der Waals surface area contributed by atoms with Crippen LogP contribution < -0.4 is 10.6 Å². The third kappa shape index (κ3) is 3.37. The monoisotopic (exact) mass is 342 g/mol. The van der Waals surface area contributed by atoms with Crippen molar-refractivity contribution in [3.63, 3.8) is 0 Å². The van der Waals surface area contributed by atoms with E-state index in [2.05, 4.69) is 4.90 Å². The van der Waals surface area contributed by atoms with Crippen molar-refractivity contribution in [2.75, 3.05) is 18.0 Å². The fraction of sp³-hybridized carbons (Fsp3) is 0.600. The molecule has 1 aromatic rings. The molecule has 4 unspecified atom stereocenters. The van der Waals surface area contributed by atoms with Gasteiger partial charge in [-0.2, -0.15) is 0 Å². The normalized spacial score (nSPS) is 31.1. The maximum Gasteiger partial charge on any atom is 0.338 e. The van der Waals surface area contributed by atoms with E-state index < -0.39 is 0 Å². The number of primary amides is 1. The van der Waals surface area contributed by atoms with Gasteiger partial charge in [-0.1, -0.05) is 0 Å². The molecule has 3 aliphatic rings. The first-order valence-corrected chi connectivity index (χ1v) is 9.45. The predicted octanol–water partition coefficient (Wildman–Crippen LogP) is 2.73. The van der Waals surface area contributed by atoms with Crippen molar-refractivity contribution in [1.82, 2.24) is 0 Å². The summed E-state index contributed by atoms with van der Waals surface area (Å²) >= 11 is 0. The Balaban J connectivity index is 1.38. The Morgan fingerprint density at radius 1 is 1.08 bits per heavy atom. The number of hydrogen-bond donors (Lipinski definition) is 1. The van der Waals surface area contributed by atoms with E-state index in [1.165, 1.54) is 19.3 Å². The Hall–Kier alpha value is -2.04. The number of ether oxygens (including phenoxy) is 1. The summed E-state index contributed by atoms with van der Waals surface area (Å²) in [7, 11) is 0. The van der Waals surface area contributed by atoms with E-state index in [1.807, 2.05) is 24.3 Å². The summed E-state index contributed by atoms with van der Waals surface area (Å²) < 4.78 is 5.75. The SMILES string of the molecule is NC(=O)C1CCCN(c2ccc(C(=O)OC3CC4CCC3C4)cc2)C1. The summed E-state index contributed by atoms with van der Waals surface area (Å²) in [6.45, 7) is 1.57. The number of nitrogens with zero attached hydrogens (tertiary/aromatic N) is 1. The van der Waals surface area contributed by atoms with Crippen molar-refractivity contribution < 1.29 is 14.3 Å². The van der Waals surface area contributed by atoms with Crippen molar-refractivity contribution in [3.05, 3.63) is 29.8 Å². The van der Waals surface area contributed by atoms with Gasteiger partial charge in [0.25, 0.3) is 0 Å². The van der Waals surface area contributed by atoms with Gasteiger partial charge in [0.2, 0.25) is 5.91 Å². The number of amides is 1. The number of hydrogen-bond acceptors (Lipinski definition) is 4. The Kier molecular flexibility index (Phi) is 4.40. The minimum atomic E-state index is -0.226. The van der Waals surface area contributed by atoms with Crippen LogP contribution in [-0.2, 0) is 9.53 Å². The summed E-state index contributed by atoms with van der Waals surface area (Å²) in [6.07, 6.45) is 6.71. The molecular weight excluding hydrogens is 316 g/mol. The molecule has 0 aromatic heterocycles. The molecule has 1 amide bonds. The summed E-state index contributed by atoms with van der Waals surface area (Å²) in [4.78, 5) is 26.0. The lowest BCUT2D eigenvalue weighted by molar-refractivity contribution is -0.122. The second-order valence-corrected chi connectivity index (χ2v) is 7.85. The maximum atomic E-state index is 12.4. The van der Waals surface area contributed by atoms with Gasteiger partial charge in [0.05, 0.1) is 11.5 Å². The van der Waals surface area contributed by atoms with Crippen LogP contribution in [0.1, 0.15) is 48.9 Å². The summed E-state index contributed by atoms with van der Waals surface area (Å²) in [5.41, 5.74) is 7.08. The number of carbonyl (C=O) groups is 2. The molecule has 25 heavy (non-hydrogen) atoms. The van der Waals surface area contributed by atoms with Gasteiger partial charge in [0, 0.05) is 18.8 Å².